The van der Waals surface area contributed by atoms with Crippen LogP contribution >= 0.6 is 0 Å². The second-order valence-electron chi connectivity index (χ2n) is 4.54. The number of rotatable bonds is 11. The van der Waals surface area contributed by atoms with E-state index in [1.165, 1.54) is 77.0 Å². The molecule has 0 radical (unpaired) electrons. The maximum Gasteiger partial charge on any atom is 2.00 e. The minimum Gasteiger partial charge on any atom is -1.00 e. The number of hydrogen-bond donors (Lipinski definition) is 0. The van der Waals surface area contributed by atoms with Gasteiger partial charge in [0, 0.05) is 0 Å². The summed E-state index contributed by atoms with van der Waals surface area (Å²) in [5.74, 6) is 0. The van der Waals surface area contributed by atoms with Crippen molar-refractivity contribution in [3.05, 3.63) is 0 Å². The summed E-state index contributed by atoms with van der Waals surface area (Å²) in [4.78, 5) is 0. The SMILES string of the molecule is CCCCCCCCCCCCCC.[Ca+2].[H-].[H-]. The zero-order chi connectivity index (χ0) is 10.5. The first-order valence-electron chi connectivity index (χ1n) is 6.91. The molecular weight excluding hydrogens is 208 g/mol. The quantitative estimate of drug-likeness (QED) is 0.328. The molecule has 0 fully saturated rings. The normalized spacial score (nSPS) is 10.0. The molecule has 0 aromatic carbocycles. The Balaban J connectivity index is -0.000000282. The summed E-state index contributed by atoms with van der Waals surface area (Å²) in [7, 11) is 0. The van der Waals surface area contributed by atoms with E-state index >= 15 is 0 Å². The molecule has 90 valence electrons. The van der Waals surface area contributed by atoms with Crippen LogP contribution in [-0.2, 0) is 0 Å². The van der Waals surface area contributed by atoms with Crippen molar-refractivity contribution in [2.75, 3.05) is 0 Å². The summed E-state index contributed by atoms with van der Waals surface area (Å²) >= 11 is 0. The second kappa shape index (κ2) is 17.6. The zero-order valence-corrected chi connectivity index (χ0v) is 13.4. The number of unbranched alkanes of at least 4 members (excludes halogenated alkanes) is 11. The van der Waals surface area contributed by atoms with Gasteiger partial charge in [0.1, 0.15) is 0 Å². The van der Waals surface area contributed by atoms with Gasteiger partial charge in [-0.1, -0.05) is 90.9 Å². The molecule has 0 aliphatic rings. The van der Waals surface area contributed by atoms with Gasteiger partial charge in [0.15, 0.2) is 0 Å². The average molecular weight is 240 g/mol. The van der Waals surface area contributed by atoms with E-state index in [4.69, 9.17) is 0 Å². The largest absolute Gasteiger partial charge is 2.00 e. The topological polar surface area (TPSA) is 0 Å². The third-order valence-electron chi connectivity index (χ3n) is 2.96. The molecular formula is C14H32Ca. The van der Waals surface area contributed by atoms with E-state index in [1.807, 2.05) is 0 Å². The van der Waals surface area contributed by atoms with Crippen LogP contribution in [0.1, 0.15) is 93.8 Å². The summed E-state index contributed by atoms with van der Waals surface area (Å²) < 4.78 is 0. The third-order valence-corrected chi connectivity index (χ3v) is 2.96. The molecule has 0 aliphatic carbocycles. The Morgan fingerprint density at radius 2 is 0.667 bits per heavy atom. The molecule has 0 aromatic rings. The Morgan fingerprint density at radius 3 is 0.867 bits per heavy atom. The van der Waals surface area contributed by atoms with Crippen LogP contribution in [0.25, 0.3) is 0 Å². The molecule has 0 N–H and O–H groups in total. The predicted octanol–water partition coefficient (Wildman–Crippen LogP) is 5.55. The second-order valence-corrected chi connectivity index (χ2v) is 4.54. The van der Waals surface area contributed by atoms with Crippen molar-refractivity contribution in [2.24, 2.45) is 0 Å². The van der Waals surface area contributed by atoms with Gasteiger partial charge in [0.05, 0.1) is 0 Å². The molecule has 0 amide bonds. The molecule has 0 heterocycles. The van der Waals surface area contributed by atoms with Crippen molar-refractivity contribution in [1.29, 1.82) is 0 Å². The molecule has 0 saturated carbocycles. The first kappa shape index (κ1) is 18.6. The monoisotopic (exact) mass is 240 g/mol. The van der Waals surface area contributed by atoms with Crippen LogP contribution in [0.5, 0.6) is 0 Å². The maximum atomic E-state index is 2.29. The van der Waals surface area contributed by atoms with Crippen molar-refractivity contribution in [3.63, 3.8) is 0 Å². The smallest absolute Gasteiger partial charge is 1.00 e. The fourth-order valence-corrected chi connectivity index (χ4v) is 1.91. The molecule has 0 rings (SSSR count). The van der Waals surface area contributed by atoms with Crippen LogP contribution in [0.3, 0.4) is 0 Å². The van der Waals surface area contributed by atoms with Crippen LogP contribution in [0.15, 0.2) is 0 Å². The molecule has 0 aliphatic heterocycles. The van der Waals surface area contributed by atoms with Crippen molar-refractivity contribution in [3.8, 4) is 0 Å². The van der Waals surface area contributed by atoms with Crippen molar-refractivity contribution in [2.45, 2.75) is 90.9 Å². The summed E-state index contributed by atoms with van der Waals surface area (Å²) in [5.41, 5.74) is 0. The zero-order valence-electron chi connectivity index (χ0n) is 13.2. The molecule has 0 bridgehead atoms. The van der Waals surface area contributed by atoms with Crippen LogP contribution in [0.2, 0.25) is 0 Å². The average Bonchev–Trinajstić information content (AvgIpc) is 2.21. The Labute approximate surface area is 131 Å². The summed E-state index contributed by atoms with van der Waals surface area (Å²) in [6.07, 6.45) is 17.4. The van der Waals surface area contributed by atoms with Gasteiger partial charge in [0.25, 0.3) is 0 Å². The molecule has 0 unspecified atom stereocenters. The van der Waals surface area contributed by atoms with Gasteiger partial charge in [-0.05, 0) is 0 Å². The van der Waals surface area contributed by atoms with Crippen molar-refractivity contribution < 1.29 is 2.85 Å². The fraction of sp³-hybridized carbons (Fsp3) is 1.00. The van der Waals surface area contributed by atoms with E-state index in [9.17, 15) is 0 Å². The minimum atomic E-state index is 0. The standard InChI is InChI=1S/C14H30.Ca.2H/c1-3-5-7-9-11-13-14-12-10-8-6-4-2;;;/h3-14H2,1-2H3;;;/q;+2;2*-1. The van der Waals surface area contributed by atoms with E-state index in [0.29, 0.717) is 0 Å². The molecule has 0 aromatic heterocycles. The molecule has 0 nitrogen and oxygen atoms in total. The predicted molar refractivity (Wildman–Crippen MR) is 74.7 cm³/mol. The van der Waals surface area contributed by atoms with Gasteiger partial charge in [-0.15, -0.1) is 0 Å². The molecule has 1 heteroatoms. The van der Waals surface area contributed by atoms with E-state index in [1.54, 1.807) is 0 Å². The Kier molecular flexibility index (Phi) is 21.9. The molecule has 0 spiro atoms. The van der Waals surface area contributed by atoms with Crippen LogP contribution in [0.4, 0.5) is 0 Å². The summed E-state index contributed by atoms with van der Waals surface area (Å²) in [5, 5.41) is 0. The van der Waals surface area contributed by atoms with Crippen molar-refractivity contribution in [1.82, 2.24) is 0 Å². The van der Waals surface area contributed by atoms with Gasteiger partial charge in [-0.25, -0.2) is 0 Å². The fourth-order valence-electron chi connectivity index (χ4n) is 1.91. The Bertz CT molecular complexity index is 88.2. The minimum absolute atomic E-state index is 0. The first-order chi connectivity index (χ1) is 6.91. The van der Waals surface area contributed by atoms with E-state index in [0.717, 1.165) is 0 Å². The Morgan fingerprint density at radius 1 is 0.467 bits per heavy atom. The van der Waals surface area contributed by atoms with Crippen LogP contribution < -0.4 is 0 Å². The summed E-state index contributed by atoms with van der Waals surface area (Å²) in [6, 6.07) is 0. The Hall–Kier alpha value is 1.26. The third kappa shape index (κ3) is 17.9. The van der Waals surface area contributed by atoms with Crippen LogP contribution in [0, 0.1) is 0 Å². The van der Waals surface area contributed by atoms with Gasteiger partial charge >= 0.3 is 37.7 Å². The number of hydrogen-bond acceptors (Lipinski definition) is 0. The maximum absolute atomic E-state index is 2.29. The van der Waals surface area contributed by atoms with Gasteiger partial charge in [-0.3, -0.25) is 0 Å². The van der Waals surface area contributed by atoms with Crippen molar-refractivity contribution >= 4 is 37.7 Å². The molecule has 15 heavy (non-hydrogen) atoms. The molecule has 0 saturated heterocycles. The van der Waals surface area contributed by atoms with Gasteiger partial charge < -0.3 is 2.85 Å². The van der Waals surface area contributed by atoms with Gasteiger partial charge in [-0.2, -0.15) is 0 Å². The van der Waals surface area contributed by atoms with Crippen LogP contribution in [-0.4, -0.2) is 37.7 Å². The van der Waals surface area contributed by atoms with E-state index in [2.05, 4.69) is 13.8 Å². The van der Waals surface area contributed by atoms with E-state index < -0.39 is 0 Å². The van der Waals surface area contributed by atoms with Gasteiger partial charge in [0.2, 0.25) is 0 Å². The summed E-state index contributed by atoms with van der Waals surface area (Å²) in [6.45, 7) is 4.57. The first-order valence-corrected chi connectivity index (χ1v) is 6.91. The molecule has 0 atom stereocenters. The van der Waals surface area contributed by atoms with E-state index in [-0.39, 0.29) is 40.6 Å².